The lowest BCUT2D eigenvalue weighted by molar-refractivity contribution is -0.116. The van der Waals surface area contributed by atoms with Gasteiger partial charge in [0.15, 0.2) is 16.8 Å². The lowest BCUT2D eigenvalue weighted by Crippen LogP contribution is -2.23. The van der Waals surface area contributed by atoms with Crippen LogP contribution in [0.5, 0.6) is 0 Å². The van der Waals surface area contributed by atoms with Gasteiger partial charge in [0.25, 0.3) is 0 Å². The molecule has 4 aromatic rings. The minimum absolute atomic E-state index is 0.136. The van der Waals surface area contributed by atoms with Gasteiger partial charge in [0.2, 0.25) is 11.8 Å². The van der Waals surface area contributed by atoms with Crippen molar-refractivity contribution < 1.29 is 9.59 Å². The fraction of sp³-hybridized carbons (Fsp3) is 0.192. The highest BCUT2D eigenvalue weighted by molar-refractivity contribution is 7.14. The monoisotopic (exact) mass is 484 g/mol. The molecule has 5 rings (SSSR count). The second-order valence-electron chi connectivity index (χ2n) is 8.15. The number of anilines is 4. The summed E-state index contributed by atoms with van der Waals surface area (Å²) in [6.07, 6.45) is 5.23. The average Bonchev–Trinajstić information content (AvgIpc) is 3.56. The van der Waals surface area contributed by atoms with Crippen molar-refractivity contribution in [2.24, 2.45) is 0 Å². The minimum Gasteiger partial charge on any atom is -0.354 e. The van der Waals surface area contributed by atoms with Crippen molar-refractivity contribution in [1.82, 2.24) is 15.0 Å². The van der Waals surface area contributed by atoms with Gasteiger partial charge in [0, 0.05) is 31.5 Å². The van der Waals surface area contributed by atoms with E-state index in [1.165, 1.54) is 24.3 Å². The highest BCUT2D eigenvalue weighted by Crippen LogP contribution is 2.30. The van der Waals surface area contributed by atoms with E-state index in [9.17, 15) is 9.59 Å². The molecule has 9 heteroatoms. The Balaban J connectivity index is 1.35. The SMILES string of the molecule is CC(=O)N(c1ccccc1)c1nc(/C=C/C(=O)Nc2nc3ccccc3nc2N2CCCC2)cs1. The summed E-state index contributed by atoms with van der Waals surface area (Å²) in [5.41, 5.74) is 2.86. The number of hydrogen-bond acceptors (Lipinski definition) is 7. The molecular weight excluding hydrogens is 460 g/mol. The average molecular weight is 485 g/mol. The van der Waals surface area contributed by atoms with E-state index in [1.54, 1.807) is 11.0 Å². The minimum atomic E-state index is -0.323. The smallest absolute Gasteiger partial charge is 0.249 e. The predicted molar refractivity (Wildman–Crippen MR) is 140 cm³/mol. The largest absolute Gasteiger partial charge is 0.354 e. The van der Waals surface area contributed by atoms with E-state index < -0.39 is 0 Å². The lowest BCUT2D eigenvalue weighted by atomic mass is 10.3. The Labute approximate surface area is 207 Å². The molecule has 0 radical (unpaired) electrons. The third-order valence-electron chi connectivity index (χ3n) is 5.64. The Morgan fingerprint density at radius 1 is 0.971 bits per heavy atom. The molecule has 0 spiro atoms. The van der Waals surface area contributed by atoms with Gasteiger partial charge in [-0.15, -0.1) is 11.3 Å². The van der Waals surface area contributed by atoms with Gasteiger partial charge in [-0.2, -0.15) is 0 Å². The van der Waals surface area contributed by atoms with E-state index in [4.69, 9.17) is 4.98 Å². The number of nitrogens with one attached hydrogen (secondary N) is 1. The molecule has 2 aromatic heterocycles. The van der Waals surface area contributed by atoms with Crippen LogP contribution in [0.25, 0.3) is 17.1 Å². The third-order valence-corrected chi connectivity index (χ3v) is 6.48. The number of carbonyl (C=O) groups is 2. The topological polar surface area (TPSA) is 91.3 Å². The van der Waals surface area contributed by atoms with Gasteiger partial charge in [-0.25, -0.2) is 15.0 Å². The number of benzene rings is 2. The van der Waals surface area contributed by atoms with Gasteiger partial charge in [0.05, 0.1) is 22.4 Å². The lowest BCUT2D eigenvalue weighted by Gasteiger charge is -2.19. The van der Waals surface area contributed by atoms with Crippen molar-refractivity contribution in [3.8, 4) is 0 Å². The van der Waals surface area contributed by atoms with Gasteiger partial charge < -0.3 is 10.2 Å². The first-order valence-corrected chi connectivity index (χ1v) is 12.3. The number of amides is 2. The molecule has 0 saturated carbocycles. The number of nitrogens with zero attached hydrogens (tertiary/aromatic N) is 5. The van der Waals surface area contributed by atoms with Crippen molar-refractivity contribution >= 4 is 62.7 Å². The number of carbonyl (C=O) groups excluding carboxylic acids is 2. The Morgan fingerprint density at radius 3 is 2.37 bits per heavy atom. The molecule has 35 heavy (non-hydrogen) atoms. The van der Waals surface area contributed by atoms with Crippen LogP contribution < -0.4 is 15.1 Å². The van der Waals surface area contributed by atoms with Crippen molar-refractivity contribution in [3.05, 3.63) is 71.7 Å². The first kappa shape index (κ1) is 22.7. The zero-order valence-electron chi connectivity index (χ0n) is 19.2. The molecule has 0 bridgehead atoms. The van der Waals surface area contributed by atoms with Crippen LogP contribution in [-0.4, -0.2) is 39.9 Å². The summed E-state index contributed by atoms with van der Waals surface area (Å²) in [6.45, 7) is 3.28. The first-order chi connectivity index (χ1) is 17.1. The summed E-state index contributed by atoms with van der Waals surface area (Å²) in [4.78, 5) is 42.7. The number of rotatable bonds is 6. The molecule has 0 atom stereocenters. The third kappa shape index (κ3) is 5.04. The molecule has 2 aromatic carbocycles. The number of aromatic nitrogens is 3. The molecule has 3 heterocycles. The van der Waals surface area contributed by atoms with E-state index in [-0.39, 0.29) is 11.8 Å². The van der Waals surface area contributed by atoms with E-state index in [1.807, 2.05) is 60.0 Å². The molecule has 176 valence electrons. The number of para-hydroxylation sites is 3. The predicted octanol–water partition coefficient (Wildman–Crippen LogP) is 5.02. The van der Waals surface area contributed by atoms with Crippen LogP contribution in [0.3, 0.4) is 0 Å². The molecule has 0 aliphatic carbocycles. The highest BCUT2D eigenvalue weighted by Gasteiger charge is 2.21. The summed E-state index contributed by atoms with van der Waals surface area (Å²) in [5, 5.41) is 5.24. The highest BCUT2D eigenvalue weighted by atomic mass is 32.1. The number of fused-ring (bicyclic) bond motifs is 1. The van der Waals surface area contributed by atoms with Crippen LogP contribution in [0.15, 0.2) is 66.1 Å². The Kier molecular flexibility index (Phi) is 6.49. The van der Waals surface area contributed by atoms with Crippen LogP contribution >= 0.6 is 11.3 Å². The summed E-state index contributed by atoms with van der Waals surface area (Å²) < 4.78 is 0. The van der Waals surface area contributed by atoms with Crippen LogP contribution in [0, 0.1) is 0 Å². The van der Waals surface area contributed by atoms with E-state index in [0.717, 1.165) is 42.7 Å². The summed E-state index contributed by atoms with van der Waals surface area (Å²) >= 11 is 1.34. The maximum Gasteiger partial charge on any atom is 0.249 e. The molecule has 0 unspecified atom stereocenters. The van der Waals surface area contributed by atoms with E-state index >= 15 is 0 Å². The molecule has 8 nitrogen and oxygen atoms in total. The molecule has 1 saturated heterocycles. The van der Waals surface area contributed by atoms with E-state index in [2.05, 4.69) is 20.2 Å². The Morgan fingerprint density at radius 2 is 1.66 bits per heavy atom. The normalized spacial score (nSPS) is 13.5. The van der Waals surface area contributed by atoms with Crippen molar-refractivity contribution in [2.75, 3.05) is 28.2 Å². The zero-order chi connectivity index (χ0) is 24.2. The second kappa shape index (κ2) is 10.0. The van der Waals surface area contributed by atoms with Crippen molar-refractivity contribution in [2.45, 2.75) is 19.8 Å². The van der Waals surface area contributed by atoms with E-state index in [0.29, 0.717) is 22.5 Å². The quantitative estimate of drug-likeness (QED) is 0.386. The maximum absolute atomic E-state index is 12.8. The van der Waals surface area contributed by atoms with Crippen LogP contribution in [0.2, 0.25) is 0 Å². The molecular formula is C26H24N6O2S. The van der Waals surface area contributed by atoms with Crippen LogP contribution in [-0.2, 0) is 9.59 Å². The van der Waals surface area contributed by atoms with Crippen LogP contribution in [0.1, 0.15) is 25.5 Å². The standard InChI is InChI=1S/C26H24N6O2S/c1-18(33)32(20-9-3-2-4-10-20)26-27-19(17-35-26)13-14-23(34)30-24-25(31-15-7-8-16-31)29-22-12-6-5-11-21(22)28-24/h2-6,9-14,17H,7-8,15-16H2,1H3,(H,28,30,34)/b14-13+. The van der Waals surface area contributed by atoms with Crippen LogP contribution in [0.4, 0.5) is 22.5 Å². The summed E-state index contributed by atoms with van der Waals surface area (Å²) in [6, 6.07) is 17.0. The fourth-order valence-electron chi connectivity index (χ4n) is 4.00. The molecule has 2 amide bonds. The maximum atomic E-state index is 12.8. The fourth-order valence-corrected chi connectivity index (χ4v) is 4.86. The summed E-state index contributed by atoms with van der Waals surface area (Å²) in [5.74, 6) is 0.684. The van der Waals surface area contributed by atoms with Crippen molar-refractivity contribution in [1.29, 1.82) is 0 Å². The summed E-state index contributed by atoms with van der Waals surface area (Å²) in [7, 11) is 0. The van der Waals surface area contributed by atoms with Gasteiger partial charge in [-0.3, -0.25) is 14.5 Å². The molecule has 1 N–H and O–H groups in total. The Hall–Kier alpha value is -4.11. The van der Waals surface area contributed by atoms with Gasteiger partial charge >= 0.3 is 0 Å². The molecule has 1 fully saturated rings. The van der Waals surface area contributed by atoms with Gasteiger partial charge in [0.1, 0.15) is 0 Å². The number of thiazole rings is 1. The number of hydrogen-bond donors (Lipinski definition) is 1. The molecule has 1 aliphatic rings. The van der Waals surface area contributed by atoms with Gasteiger partial charge in [-0.1, -0.05) is 30.3 Å². The second-order valence-corrected chi connectivity index (χ2v) is 8.98. The zero-order valence-corrected chi connectivity index (χ0v) is 20.0. The first-order valence-electron chi connectivity index (χ1n) is 11.4. The molecule has 1 aliphatic heterocycles. The Bertz CT molecular complexity index is 1400. The van der Waals surface area contributed by atoms with Gasteiger partial charge in [-0.05, 0) is 43.2 Å². The van der Waals surface area contributed by atoms with Crippen molar-refractivity contribution in [3.63, 3.8) is 0 Å².